The Morgan fingerprint density at radius 1 is 1.37 bits per heavy atom. The summed E-state index contributed by atoms with van der Waals surface area (Å²) in [5, 5.41) is 3.51. The summed E-state index contributed by atoms with van der Waals surface area (Å²) in [4.78, 5) is 2.48. The Bertz CT molecular complexity index is 407. The Morgan fingerprint density at radius 3 is 2.84 bits per heavy atom. The second-order valence-electron chi connectivity index (χ2n) is 5.48. The van der Waals surface area contributed by atoms with Crippen LogP contribution in [0.15, 0.2) is 24.3 Å². The summed E-state index contributed by atoms with van der Waals surface area (Å²) in [7, 11) is 0. The lowest BCUT2D eigenvalue weighted by Crippen LogP contribution is -2.48. The number of benzene rings is 1. The zero-order chi connectivity index (χ0) is 13.8. The SMILES string of the molecule is CCNC(C)c1ccccc1N1CC(C)OCC1C. The van der Waals surface area contributed by atoms with Crippen LogP contribution in [0.25, 0.3) is 0 Å². The van der Waals surface area contributed by atoms with Crippen molar-refractivity contribution in [1.82, 2.24) is 5.32 Å². The van der Waals surface area contributed by atoms with Gasteiger partial charge in [0.15, 0.2) is 0 Å². The van der Waals surface area contributed by atoms with E-state index in [1.165, 1.54) is 11.3 Å². The third-order valence-corrected chi connectivity index (χ3v) is 3.83. The van der Waals surface area contributed by atoms with Crippen molar-refractivity contribution in [1.29, 1.82) is 0 Å². The van der Waals surface area contributed by atoms with E-state index in [2.05, 4.69) is 62.2 Å². The standard InChI is InChI=1S/C16H26N2O/c1-5-17-14(4)15-8-6-7-9-16(15)18-10-13(3)19-11-12(18)2/h6-9,12-14,17H,5,10-11H2,1-4H3. The first-order valence-electron chi connectivity index (χ1n) is 7.34. The molecule has 3 unspecified atom stereocenters. The molecular weight excluding hydrogens is 236 g/mol. The van der Waals surface area contributed by atoms with Gasteiger partial charge in [-0.1, -0.05) is 25.1 Å². The summed E-state index contributed by atoms with van der Waals surface area (Å²) >= 11 is 0. The molecule has 0 radical (unpaired) electrons. The molecule has 0 saturated carbocycles. The molecule has 1 fully saturated rings. The second kappa shape index (κ2) is 6.40. The van der Waals surface area contributed by atoms with E-state index in [0.29, 0.717) is 18.2 Å². The van der Waals surface area contributed by atoms with E-state index in [-0.39, 0.29) is 0 Å². The molecule has 1 saturated heterocycles. The van der Waals surface area contributed by atoms with Crippen molar-refractivity contribution < 1.29 is 4.74 Å². The van der Waals surface area contributed by atoms with Crippen LogP contribution in [0.2, 0.25) is 0 Å². The summed E-state index contributed by atoms with van der Waals surface area (Å²) in [5.41, 5.74) is 2.73. The van der Waals surface area contributed by atoms with Gasteiger partial charge >= 0.3 is 0 Å². The van der Waals surface area contributed by atoms with Gasteiger partial charge in [-0.05, 0) is 38.9 Å². The second-order valence-corrected chi connectivity index (χ2v) is 5.48. The third-order valence-electron chi connectivity index (χ3n) is 3.83. The molecule has 19 heavy (non-hydrogen) atoms. The van der Waals surface area contributed by atoms with Gasteiger partial charge in [0.25, 0.3) is 0 Å². The summed E-state index contributed by atoms with van der Waals surface area (Å²) in [6.07, 6.45) is 0.304. The Balaban J connectivity index is 2.27. The number of anilines is 1. The minimum Gasteiger partial charge on any atom is -0.375 e. The van der Waals surface area contributed by atoms with Gasteiger partial charge in [-0.25, -0.2) is 0 Å². The molecule has 1 N–H and O–H groups in total. The lowest BCUT2D eigenvalue weighted by atomic mass is 10.0. The number of hydrogen-bond donors (Lipinski definition) is 1. The van der Waals surface area contributed by atoms with Crippen LogP contribution in [0, 0.1) is 0 Å². The fourth-order valence-electron chi connectivity index (χ4n) is 2.77. The molecule has 0 amide bonds. The van der Waals surface area contributed by atoms with Gasteiger partial charge in [-0.15, -0.1) is 0 Å². The molecular formula is C16H26N2O. The normalized spacial score (nSPS) is 25.4. The zero-order valence-corrected chi connectivity index (χ0v) is 12.5. The predicted molar refractivity (Wildman–Crippen MR) is 80.8 cm³/mol. The average Bonchev–Trinajstić information content (AvgIpc) is 2.42. The van der Waals surface area contributed by atoms with Crippen molar-refractivity contribution >= 4 is 5.69 Å². The fraction of sp³-hybridized carbons (Fsp3) is 0.625. The molecule has 3 nitrogen and oxygen atoms in total. The number of nitrogens with zero attached hydrogens (tertiary/aromatic N) is 1. The minimum atomic E-state index is 0.304. The van der Waals surface area contributed by atoms with Gasteiger partial charge in [0.05, 0.1) is 12.7 Å². The maximum absolute atomic E-state index is 5.73. The van der Waals surface area contributed by atoms with Crippen LogP contribution in [0.3, 0.4) is 0 Å². The highest BCUT2D eigenvalue weighted by atomic mass is 16.5. The van der Waals surface area contributed by atoms with Crippen LogP contribution in [-0.4, -0.2) is 31.8 Å². The van der Waals surface area contributed by atoms with Crippen molar-refractivity contribution in [3.05, 3.63) is 29.8 Å². The molecule has 1 aliphatic rings. The number of rotatable bonds is 4. The van der Waals surface area contributed by atoms with Gasteiger partial charge in [-0.3, -0.25) is 0 Å². The largest absolute Gasteiger partial charge is 0.375 e. The summed E-state index contributed by atoms with van der Waals surface area (Å²) < 4.78 is 5.73. The minimum absolute atomic E-state index is 0.304. The molecule has 0 bridgehead atoms. The topological polar surface area (TPSA) is 24.5 Å². The third kappa shape index (κ3) is 3.28. The molecule has 2 rings (SSSR count). The Morgan fingerprint density at radius 2 is 2.11 bits per heavy atom. The van der Waals surface area contributed by atoms with Gasteiger partial charge < -0.3 is 15.0 Å². The predicted octanol–water partition coefficient (Wildman–Crippen LogP) is 2.97. The van der Waals surface area contributed by atoms with Crippen molar-refractivity contribution in [3.8, 4) is 0 Å². The maximum Gasteiger partial charge on any atom is 0.0723 e. The molecule has 0 spiro atoms. The van der Waals surface area contributed by atoms with E-state index in [1.54, 1.807) is 0 Å². The lowest BCUT2D eigenvalue weighted by Gasteiger charge is -2.40. The first-order chi connectivity index (χ1) is 9.13. The van der Waals surface area contributed by atoms with Gasteiger partial charge in [0.2, 0.25) is 0 Å². The van der Waals surface area contributed by atoms with Gasteiger partial charge in [0, 0.05) is 24.3 Å². The van der Waals surface area contributed by atoms with Gasteiger partial charge in [-0.2, -0.15) is 0 Å². The molecule has 0 aliphatic carbocycles. The number of nitrogens with one attached hydrogen (secondary N) is 1. The van der Waals surface area contributed by atoms with Crippen LogP contribution >= 0.6 is 0 Å². The van der Waals surface area contributed by atoms with E-state index >= 15 is 0 Å². The molecule has 0 aromatic heterocycles. The lowest BCUT2D eigenvalue weighted by molar-refractivity contribution is 0.0343. The number of morpholine rings is 1. The van der Waals surface area contributed by atoms with Crippen LogP contribution in [0.4, 0.5) is 5.69 Å². The molecule has 1 aliphatic heterocycles. The summed E-state index contributed by atoms with van der Waals surface area (Å²) in [6.45, 7) is 11.5. The van der Waals surface area contributed by atoms with Crippen molar-refractivity contribution in [2.75, 3.05) is 24.6 Å². The Kier molecular flexibility index (Phi) is 4.83. The van der Waals surface area contributed by atoms with Crippen LogP contribution < -0.4 is 10.2 Å². The maximum atomic E-state index is 5.73. The molecule has 106 valence electrons. The van der Waals surface area contributed by atoms with E-state index in [9.17, 15) is 0 Å². The zero-order valence-electron chi connectivity index (χ0n) is 12.5. The molecule has 1 aromatic carbocycles. The highest BCUT2D eigenvalue weighted by molar-refractivity contribution is 5.56. The van der Waals surface area contributed by atoms with Crippen LogP contribution in [0.1, 0.15) is 39.3 Å². The van der Waals surface area contributed by atoms with Crippen molar-refractivity contribution in [2.45, 2.75) is 45.9 Å². The number of ether oxygens (including phenoxy) is 1. The first kappa shape index (κ1) is 14.4. The highest BCUT2D eigenvalue weighted by Crippen LogP contribution is 2.29. The van der Waals surface area contributed by atoms with E-state index in [4.69, 9.17) is 4.74 Å². The van der Waals surface area contributed by atoms with Crippen molar-refractivity contribution in [2.24, 2.45) is 0 Å². The quantitative estimate of drug-likeness (QED) is 0.903. The van der Waals surface area contributed by atoms with Crippen LogP contribution in [-0.2, 0) is 4.74 Å². The molecule has 1 heterocycles. The molecule has 3 atom stereocenters. The first-order valence-corrected chi connectivity index (χ1v) is 7.34. The average molecular weight is 262 g/mol. The smallest absolute Gasteiger partial charge is 0.0723 e. The van der Waals surface area contributed by atoms with Gasteiger partial charge in [0.1, 0.15) is 0 Å². The highest BCUT2D eigenvalue weighted by Gasteiger charge is 2.25. The fourth-order valence-corrected chi connectivity index (χ4v) is 2.77. The summed E-state index contributed by atoms with van der Waals surface area (Å²) in [5.74, 6) is 0. The van der Waals surface area contributed by atoms with Crippen LogP contribution in [0.5, 0.6) is 0 Å². The monoisotopic (exact) mass is 262 g/mol. The van der Waals surface area contributed by atoms with Crippen molar-refractivity contribution in [3.63, 3.8) is 0 Å². The Labute approximate surface area is 116 Å². The number of para-hydroxylation sites is 1. The van der Waals surface area contributed by atoms with E-state index in [0.717, 1.165) is 19.7 Å². The summed E-state index contributed by atoms with van der Waals surface area (Å²) in [6, 6.07) is 9.54. The molecule has 1 aromatic rings. The number of hydrogen-bond acceptors (Lipinski definition) is 3. The Hall–Kier alpha value is -1.06. The molecule has 3 heteroatoms. The van der Waals surface area contributed by atoms with E-state index in [1.807, 2.05) is 0 Å². The van der Waals surface area contributed by atoms with E-state index < -0.39 is 0 Å².